The number of allylic oxidation sites excluding steroid dienone is 1. The van der Waals surface area contributed by atoms with Crippen molar-refractivity contribution in [3.8, 4) is 11.5 Å². The Morgan fingerprint density at radius 3 is 2.38 bits per heavy atom. The third-order valence-electron chi connectivity index (χ3n) is 7.15. The van der Waals surface area contributed by atoms with E-state index in [-0.39, 0.29) is 24.2 Å². The predicted molar refractivity (Wildman–Crippen MR) is 147 cm³/mol. The van der Waals surface area contributed by atoms with Crippen LogP contribution in [0.5, 0.6) is 11.5 Å². The van der Waals surface area contributed by atoms with Crippen LogP contribution < -0.4 is 9.47 Å². The summed E-state index contributed by atoms with van der Waals surface area (Å²) < 4.78 is 21.3. The number of esters is 2. The maximum absolute atomic E-state index is 13.4. The summed E-state index contributed by atoms with van der Waals surface area (Å²) in [6, 6.07) is 4.95. The highest BCUT2D eigenvalue weighted by Crippen LogP contribution is 2.47. The van der Waals surface area contributed by atoms with Crippen LogP contribution in [-0.2, 0) is 23.9 Å². The second kappa shape index (κ2) is 12.6. The number of benzene rings is 1. The monoisotopic (exact) mass is 557 g/mol. The van der Waals surface area contributed by atoms with Crippen LogP contribution in [0.15, 0.2) is 45.6 Å². The van der Waals surface area contributed by atoms with Crippen LogP contribution in [0, 0.1) is 5.92 Å². The molecule has 0 spiro atoms. The molecule has 0 aromatic heterocycles. The quantitative estimate of drug-likeness (QED) is 0.416. The van der Waals surface area contributed by atoms with E-state index in [1.165, 1.54) is 18.9 Å². The summed E-state index contributed by atoms with van der Waals surface area (Å²) in [4.78, 5) is 47.2. The highest BCUT2D eigenvalue weighted by atomic mass is 32.2. The molecule has 1 fully saturated rings. The van der Waals surface area contributed by atoms with Crippen molar-refractivity contribution >= 4 is 34.8 Å². The summed E-state index contributed by atoms with van der Waals surface area (Å²) in [7, 11) is 4.48. The Morgan fingerprint density at radius 1 is 1.05 bits per heavy atom. The normalized spacial score (nSPS) is 19.3. The topological polar surface area (TPSA) is 107 Å². The highest BCUT2D eigenvalue weighted by Gasteiger charge is 2.42. The third kappa shape index (κ3) is 5.78. The molecule has 0 N–H and O–H groups in total. The van der Waals surface area contributed by atoms with Gasteiger partial charge in [0.05, 0.1) is 57.6 Å². The van der Waals surface area contributed by atoms with Crippen LogP contribution in [0.4, 0.5) is 0 Å². The average molecular weight is 558 g/mol. The van der Waals surface area contributed by atoms with Gasteiger partial charge in [-0.3, -0.25) is 9.59 Å². The smallest absolute Gasteiger partial charge is 0.338 e. The Kier molecular flexibility index (Phi) is 9.21. The van der Waals surface area contributed by atoms with Gasteiger partial charge in [0, 0.05) is 18.8 Å². The summed E-state index contributed by atoms with van der Waals surface area (Å²) in [5, 5.41) is 2.62. The van der Waals surface area contributed by atoms with Gasteiger partial charge < -0.3 is 28.7 Å². The van der Waals surface area contributed by atoms with Gasteiger partial charge in [0.1, 0.15) is 0 Å². The van der Waals surface area contributed by atoms with E-state index in [1.807, 2.05) is 29.4 Å². The van der Waals surface area contributed by atoms with Crippen molar-refractivity contribution in [1.82, 2.24) is 9.80 Å². The second-order valence-corrected chi connectivity index (χ2v) is 10.1. The fraction of sp³-hybridized carbons (Fsp3) is 0.500. The number of methoxy groups -OCH3 is 3. The lowest BCUT2D eigenvalue weighted by Gasteiger charge is -2.37. The number of hydrogen-bond acceptors (Lipinski definition) is 10. The number of amides is 1. The van der Waals surface area contributed by atoms with E-state index >= 15 is 0 Å². The number of piperidine rings is 1. The van der Waals surface area contributed by atoms with Gasteiger partial charge >= 0.3 is 11.9 Å². The van der Waals surface area contributed by atoms with Crippen molar-refractivity contribution in [3.63, 3.8) is 0 Å². The van der Waals surface area contributed by atoms with Crippen LogP contribution in [0.25, 0.3) is 0 Å². The van der Waals surface area contributed by atoms with E-state index in [9.17, 15) is 14.4 Å². The molecule has 11 heteroatoms. The molecule has 1 saturated heterocycles. The van der Waals surface area contributed by atoms with Gasteiger partial charge in [-0.25, -0.2) is 9.79 Å². The minimum absolute atomic E-state index is 0.0404. The molecule has 210 valence electrons. The Balaban J connectivity index is 1.62. The maximum atomic E-state index is 13.4. The third-order valence-corrected chi connectivity index (χ3v) is 8.04. The summed E-state index contributed by atoms with van der Waals surface area (Å²) in [6.45, 7) is 5.08. The SMILES string of the molecule is CCOC(=O)C1CCN(C(=O)CC2=CSC3=NC(CC)=C(C(=O)OC)C(c4ccc(OC)c(OC)c4)N23)CC1. The minimum Gasteiger partial charge on any atom is -0.493 e. The molecule has 1 aromatic carbocycles. The molecule has 0 radical (unpaired) electrons. The molecule has 0 saturated carbocycles. The van der Waals surface area contributed by atoms with Crippen molar-refractivity contribution in [2.45, 2.75) is 45.6 Å². The Bertz CT molecular complexity index is 1220. The van der Waals surface area contributed by atoms with Crippen molar-refractivity contribution in [3.05, 3.63) is 46.1 Å². The maximum Gasteiger partial charge on any atom is 0.338 e. The van der Waals surface area contributed by atoms with Gasteiger partial charge in [0.15, 0.2) is 16.7 Å². The number of fused-ring (bicyclic) bond motifs is 1. The first-order chi connectivity index (χ1) is 18.9. The fourth-order valence-electron chi connectivity index (χ4n) is 5.14. The van der Waals surface area contributed by atoms with Crippen LogP contribution in [0.1, 0.15) is 51.1 Å². The molecule has 4 rings (SSSR count). The van der Waals surface area contributed by atoms with E-state index in [4.69, 9.17) is 23.9 Å². The van der Waals surface area contributed by atoms with E-state index in [0.717, 1.165) is 11.3 Å². The number of rotatable bonds is 9. The highest BCUT2D eigenvalue weighted by molar-refractivity contribution is 8.16. The standard InChI is InChI=1S/C28H35N3O7S/c1-6-20-24(27(34)37-5)25(18-8-9-21(35-3)22(14-18)36-4)31-19(16-39-28(31)29-20)15-23(32)30-12-10-17(11-13-30)26(33)38-7-2/h8-9,14,16-17,25H,6-7,10-13,15H2,1-5H3. The molecular weight excluding hydrogens is 522 g/mol. The largest absolute Gasteiger partial charge is 0.493 e. The number of amidine groups is 1. The number of carbonyl (C=O) groups is 3. The number of carbonyl (C=O) groups excluding carboxylic acids is 3. The molecule has 1 amide bonds. The van der Waals surface area contributed by atoms with Crippen LogP contribution >= 0.6 is 11.8 Å². The summed E-state index contributed by atoms with van der Waals surface area (Å²) in [5.74, 6) is 0.211. The van der Waals surface area contributed by atoms with Crippen molar-refractivity contribution < 1.29 is 33.3 Å². The lowest BCUT2D eigenvalue weighted by molar-refractivity contribution is -0.151. The second-order valence-electron chi connectivity index (χ2n) is 9.30. The molecule has 0 aliphatic carbocycles. The Labute approximate surface area is 233 Å². The number of likely N-dealkylation sites (tertiary alicyclic amines) is 1. The number of hydrogen-bond donors (Lipinski definition) is 0. The van der Waals surface area contributed by atoms with Crippen molar-refractivity contribution in [1.29, 1.82) is 0 Å². The van der Waals surface area contributed by atoms with Crippen LogP contribution in [-0.4, -0.2) is 73.8 Å². The van der Waals surface area contributed by atoms with Gasteiger partial charge in [-0.15, -0.1) is 0 Å². The van der Waals surface area contributed by atoms with Crippen LogP contribution in [0.3, 0.4) is 0 Å². The van der Waals surface area contributed by atoms with Gasteiger partial charge in [-0.2, -0.15) is 0 Å². The first-order valence-electron chi connectivity index (χ1n) is 13.1. The molecular formula is C28H35N3O7S. The molecule has 3 aliphatic heterocycles. The predicted octanol–water partition coefficient (Wildman–Crippen LogP) is 4.03. The molecule has 3 heterocycles. The lowest BCUT2D eigenvalue weighted by Crippen LogP contribution is -2.42. The van der Waals surface area contributed by atoms with Gasteiger partial charge in [-0.1, -0.05) is 24.8 Å². The van der Waals surface area contributed by atoms with E-state index in [2.05, 4.69) is 0 Å². The Hall–Kier alpha value is -3.47. The molecule has 3 aliphatic rings. The van der Waals surface area contributed by atoms with E-state index < -0.39 is 12.0 Å². The number of ether oxygens (including phenoxy) is 4. The molecule has 1 atom stereocenters. The number of thioether (sulfide) groups is 1. The zero-order chi connectivity index (χ0) is 28.1. The summed E-state index contributed by atoms with van der Waals surface area (Å²) in [5.41, 5.74) is 2.59. The molecule has 39 heavy (non-hydrogen) atoms. The van der Waals surface area contributed by atoms with Crippen LogP contribution in [0.2, 0.25) is 0 Å². The Morgan fingerprint density at radius 2 is 1.77 bits per heavy atom. The van der Waals surface area contributed by atoms with Gasteiger partial charge in [0.25, 0.3) is 0 Å². The minimum atomic E-state index is -0.566. The average Bonchev–Trinajstić information content (AvgIpc) is 3.37. The van der Waals surface area contributed by atoms with Crippen molar-refractivity contribution in [2.24, 2.45) is 10.9 Å². The number of aliphatic imine (C=N–C) groups is 1. The molecule has 10 nitrogen and oxygen atoms in total. The van der Waals surface area contributed by atoms with Gasteiger partial charge in [-0.05, 0) is 49.3 Å². The molecule has 1 unspecified atom stereocenters. The van der Waals surface area contributed by atoms with E-state index in [1.54, 1.807) is 32.1 Å². The first kappa shape index (κ1) is 28.5. The lowest BCUT2D eigenvalue weighted by atomic mass is 9.92. The fourth-order valence-corrected chi connectivity index (χ4v) is 6.08. The molecule has 0 bridgehead atoms. The molecule has 1 aromatic rings. The number of nitrogens with zero attached hydrogens (tertiary/aromatic N) is 3. The zero-order valence-electron chi connectivity index (χ0n) is 23.0. The summed E-state index contributed by atoms with van der Waals surface area (Å²) >= 11 is 1.43. The van der Waals surface area contributed by atoms with Crippen molar-refractivity contribution in [2.75, 3.05) is 41.0 Å². The van der Waals surface area contributed by atoms with Gasteiger partial charge in [0.2, 0.25) is 5.91 Å². The summed E-state index contributed by atoms with van der Waals surface area (Å²) in [6.07, 6.45) is 1.84. The van der Waals surface area contributed by atoms with E-state index in [0.29, 0.717) is 66.9 Å². The zero-order valence-corrected chi connectivity index (χ0v) is 23.8. The first-order valence-corrected chi connectivity index (χ1v) is 14.0.